The van der Waals surface area contributed by atoms with Crippen molar-refractivity contribution < 1.29 is 14.3 Å². The molecule has 27 heavy (non-hydrogen) atoms. The molecule has 0 aliphatic heterocycles. The number of likely N-dealkylation sites (N-methyl/N-ethyl adjacent to an activating group) is 1. The normalized spacial score (nSPS) is 11.7. The fraction of sp³-hybridized carbons (Fsp3) is 0.286. The number of nitrogens with one attached hydrogen (secondary N) is 1. The monoisotopic (exact) mass is 388 g/mol. The Hall–Kier alpha value is -2.50. The number of methoxy groups -OCH3 is 1. The number of hydrogen-bond acceptors (Lipinski definition) is 4. The van der Waals surface area contributed by atoms with Gasteiger partial charge in [-0.25, -0.2) is 0 Å². The standard InChI is InChI=1S/C21H25ClN2O3/c1-5-12-27-18-9-6-16(7-10-18)14-24(3)15(2)21(25)23-19-13-17(22)8-11-20(19)26-4/h5-11,13,15H,1,12,14H2,2-4H3,(H,23,25)/t15-/m0/s1. The SMILES string of the molecule is C=CCOc1ccc(CN(C)[C@@H](C)C(=O)Nc2cc(Cl)ccc2OC)cc1. The van der Waals surface area contributed by atoms with Crippen LogP contribution in [-0.2, 0) is 11.3 Å². The molecule has 0 aromatic heterocycles. The zero-order valence-corrected chi connectivity index (χ0v) is 16.6. The van der Waals surface area contributed by atoms with Gasteiger partial charge in [0.25, 0.3) is 0 Å². The summed E-state index contributed by atoms with van der Waals surface area (Å²) < 4.78 is 10.8. The van der Waals surface area contributed by atoms with Crippen LogP contribution in [0.1, 0.15) is 12.5 Å². The number of benzene rings is 2. The van der Waals surface area contributed by atoms with Crippen molar-refractivity contribution in [3.05, 3.63) is 65.7 Å². The maximum atomic E-state index is 12.6. The summed E-state index contributed by atoms with van der Waals surface area (Å²) in [6.45, 7) is 6.59. The van der Waals surface area contributed by atoms with Crippen molar-refractivity contribution in [3.8, 4) is 11.5 Å². The van der Waals surface area contributed by atoms with Crippen molar-refractivity contribution in [3.63, 3.8) is 0 Å². The molecular formula is C21H25ClN2O3. The van der Waals surface area contributed by atoms with Gasteiger partial charge in [-0.05, 0) is 49.9 Å². The van der Waals surface area contributed by atoms with Crippen LogP contribution < -0.4 is 14.8 Å². The molecule has 0 saturated heterocycles. The van der Waals surface area contributed by atoms with Crippen molar-refractivity contribution in [2.45, 2.75) is 19.5 Å². The van der Waals surface area contributed by atoms with Crippen molar-refractivity contribution in [2.75, 3.05) is 26.1 Å². The van der Waals surface area contributed by atoms with Gasteiger partial charge in [-0.15, -0.1) is 0 Å². The van der Waals surface area contributed by atoms with Gasteiger partial charge in [0.1, 0.15) is 18.1 Å². The molecule has 0 saturated carbocycles. The minimum absolute atomic E-state index is 0.135. The first-order chi connectivity index (χ1) is 12.9. The van der Waals surface area contributed by atoms with Crippen LogP contribution >= 0.6 is 11.6 Å². The first-order valence-corrected chi connectivity index (χ1v) is 8.99. The molecule has 0 bridgehead atoms. The number of nitrogens with zero attached hydrogens (tertiary/aromatic N) is 1. The topological polar surface area (TPSA) is 50.8 Å². The molecule has 2 aromatic rings. The molecule has 0 radical (unpaired) electrons. The van der Waals surface area contributed by atoms with Crippen LogP contribution in [0.25, 0.3) is 0 Å². The zero-order valence-electron chi connectivity index (χ0n) is 15.9. The number of halogens is 1. The lowest BCUT2D eigenvalue weighted by molar-refractivity contribution is -0.120. The first-order valence-electron chi connectivity index (χ1n) is 8.62. The van der Waals surface area contributed by atoms with E-state index in [1.165, 1.54) is 0 Å². The zero-order chi connectivity index (χ0) is 19.8. The summed E-state index contributed by atoms with van der Waals surface area (Å²) in [5, 5.41) is 3.41. The molecule has 1 amide bonds. The quantitative estimate of drug-likeness (QED) is 0.648. The second kappa shape index (κ2) is 10.00. The summed E-state index contributed by atoms with van der Waals surface area (Å²) in [7, 11) is 3.46. The number of carbonyl (C=O) groups excluding carboxylic acids is 1. The van der Waals surface area contributed by atoms with E-state index in [0.717, 1.165) is 11.3 Å². The average molecular weight is 389 g/mol. The largest absolute Gasteiger partial charge is 0.495 e. The van der Waals surface area contributed by atoms with E-state index in [1.807, 2.05) is 43.1 Å². The molecule has 0 aliphatic rings. The van der Waals surface area contributed by atoms with Crippen LogP contribution in [0.15, 0.2) is 55.1 Å². The lowest BCUT2D eigenvalue weighted by Gasteiger charge is -2.24. The molecule has 6 heteroatoms. The number of amides is 1. The van der Waals surface area contributed by atoms with Crippen molar-refractivity contribution in [2.24, 2.45) is 0 Å². The van der Waals surface area contributed by atoms with E-state index in [0.29, 0.717) is 29.6 Å². The van der Waals surface area contributed by atoms with E-state index in [2.05, 4.69) is 11.9 Å². The van der Waals surface area contributed by atoms with Gasteiger partial charge in [-0.2, -0.15) is 0 Å². The van der Waals surface area contributed by atoms with Crippen LogP contribution in [0.4, 0.5) is 5.69 Å². The minimum atomic E-state index is -0.342. The summed E-state index contributed by atoms with van der Waals surface area (Å²) in [6.07, 6.45) is 1.71. The van der Waals surface area contributed by atoms with Crippen LogP contribution in [0, 0.1) is 0 Å². The third-order valence-electron chi connectivity index (χ3n) is 4.18. The Balaban J connectivity index is 1.97. The highest BCUT2D eigenvalue weighted by atomic mass is 35.5. The van der Waals surface area contributed by atoms with Crippen molar-refractivity contribution in [1.29, 1.82) is 0 Å². The highest BCUT2D eigenvalue weighted by Gasteiger charge is 2.19. The van der Waals surface area contributed by atoms with Gasteiger partial charge in [-0.3, -0.25) is 9.69 Å². The molecule has 2 rings (SSSR count). The molecule has 5 nitrogen and oxygen atoms in total. The Bertz CT molecular complexity index is 777. The number of hydrogen-bond donors (Lipinski definition) is 1. The fourth-order valence-electron chi connectivity index (χ4n) is 2.49. The molecule has 1 atom stereocenters. The van der Waals surface area contributed by atoms with Crippen LogP contribution in [0.2, 0.25) is 5.02 Å². The van der Waals surface area contributed by atoms with Crippen LogP contribution in [0.3, 0.4) is 0 Å². The maximum absolute atomic E-state index is 12.6. The summed E-state index contributed by atoms with van der Waals surface area (Å²) in [6, 6.07) is 12.6. The van der Waals surface area contributed by atoms with Gasteiger partial charge in [0.05, 0.1) is 18.8 Å². The van der Waals surface area contributed by atoms with Gasteiger partial charge < -0.3 is 14.8 Å². The predicted octanol–water partition coefficient (Wildman–Crippen LogP) is 4.37. The highest BCUT2D eigenvalue weighted by molar-refractivity contribution is 6.31. The minimum Gasteiger partial charge on any atom is -0.495 e. The maximum Gasteiger partial charge on any atom is 0.241 e. The summed E-state index contributed by atoms with van der Waals surface area (Å²) in [5.41, 5.74) is 1.64. The Morgan fingerprint density at radius 2 is 2.00 bits per heavy atom. The van der Waals surface area contributed by atoms with Gasteiger partial charge >= 0.3 is 0 Å². The van der Waals surface area contributed by atoms with E-state index in [-0.39, 0.29) is 11.9 Å². The van der Waals surface area contributed by atoms with Gasteiger partial charge in [-0.1, -0.05) is 36.4 Å². The molecule has 144 valence electrons. The van der Waals surface area contributed by atoms with E-state index in [1.54, 1.807) is 31.4 Å². The van der Waals surface area contributed by atoms with E-state index < -0.39 is 0 Å². The van der Waals surface area contributed by atoms with Gasteiger partial charge in [0, 0.05) is 11.6 Å². The van der Waals surface area contributed by atoms with Crippen molar-refractivity contribution in [1.82, 2.24) is 4.90 Å². The number of rotatable bonds is 9. The second-order valence-electron chi connectivity index (χ2n) is 6.17. The highest BCUT2D eigenvalue weighted by Crippen LogP contribution is 2.28. The molecule has 1 N–H and O–H groups in total. The number of carbonyl (C=O) groups is 1. The molecule has 0 spiro atoms. The van der Waals surface area contributed by atoms with Crippen molar-refractivity contribution >= 4 is 23.2 Å². The Labute approximate surface area is 165 Å². The second-order valence-corrected chi connectivity index (χ2v) is 6.61. The number of anilines is 1. The summed E-state index contributed by atoms with van der Waals surface area (Å²) in [4.78, 5) is 14.6. The van der Waals surface area contributed by atoms with E-state index in [9.17, 15) is 4.79 Å². The Morgan fingerprint density at radius 3 is 2.63 bits per heavy atom. The third kappa shape index (κ3) is 6.01. The fourth-order valence-corrected chi connectivity index (χ4v) is 2.66. The summed E-state index contributed by atoms with van der Waals surface area (Å²) >= 11 is 6.02. The molecule has 0 aliphatic carbocycles. The van der Waals surface area contributed by atoms with E-state index >= 15 is 0 Å². The lowest BCUT2D eigenvalue weighted by atomic mass is 10.1. The number of ether oxygens (including phenoxy) is 2. The lowest BCUT2D eigenvalue weighted by Crippen LogP contribution is -2.39. The first kappa shape index (κ1) is 20.8. The molecule has 0 unspecified atom stereocenters. The van der Waals surface area contributed by atoms with Crippen LogP contribution in [0.5, 0.6) is 11.5 Å². The van der Waals surface area contributed by atoms with Gasteiger partial charge in [0.2, 0.25) is 5.91 Å². The smallest absolute Gasteiger partial charge is 0.241 e. The Morgan fingerprint density at radius 1 is 1.30 bits per heavy atom. The van der Waals surface area contributed by atoms with E-state index in [4.69, 9.17) is 21.1 Å². The molecule has 0 fully saturated rings. The summed E-state index contributed by atoms with van der Waals surface area (Å²) in [5.74, 6) is 1.22. The Kier molecular flexibility index (Phi) is 7.70. The average Bonchev–Trinajstić information content (AvgIpc) is 2.67. The molecular weight excluding hydrogens is 364 g/mol. The third-order valence-corrected chi connectivity index (χ3v) is 4.42. The molecule has 0 heterocycles. The molecule has 2 aromatic carbocycles. The van der Waals surface area contributed by atoms with Crippen LogP contribution in [-0.4, -0.2) is 37.6 Å². The van der Waals surface area contributed by atoms with Gasteiger partial charge in [0.15, 0.2) is 0 Å². The predicted molar refractivity (Wildman–Crippen MR) is 110 cm³/mol.